The number of ether oxygens (including phenoxy) is 1. The molecule has 3 aliphatic rings. The van der Waals surface area contributed by atoms with Gasteiger partial charge in [0.25, 0.3) is 0 Å². The fourth-order valence-corrected chi connectivity index (χ4v) is 6.72. The fraction of sp³-hybridized carbons (Fsp3) is 0.545. The number of carbonyl (C=O) groups is 1. The van der Waals surface area contributed by atoms with Crippen LogP contribution in [0.25, 0.3) is 10.9 Å². The fourth-order valence-electron chi connectivity index (χ4n) is 5.48. The number of carboxylic acid groups (broad SMARTS) is 1. The molecule has 2 N–H and O–H groups in total. The zero-order valence-electron chi connectivity index (χ0n) is 18.9. The Bertz CT molecular complexity index is 1280. The number of anilines is 1. The lowest BCUT2D eigenvalue weighted by atomic mass is 9.94. The number of hydrogen-bond acceptors (Lipinski definition) is 6. The standard InChI is InChI=1S/C22H27FN3O7P/c1-32-21-18-14(20(27)15(22(28)29)10-25(18)13-5-6-13)8-16(23)19(21)24-9-12-4-3-7-26(17(12)11-24)34(30,31)33-2/h8,10,12-13,17H,3-7,9,11H2,1-2H3,(H,28,29)(H,30,31). The van der Waals surface area contributed by atoms with Crippen LogP contribution in [0.15, 0.2) is 17.1 Å². The number of hydrogen-bond donors (Lipinski definition) is 2. The molecule has 34 heavy (non-hydrogen) atoms. The molecule has 3 fully saturated rings. The molecule has 2 saturated heterocycles. The van der Waals surface area contributed by atoms with Gasteiger partial charge in [-0.05, 0) is 37.7 Å². The third kappa shape index (κ3) is 3.62. The van der Waals surface area contributed by atoms with Crippen molar-refractivity contribution < 1.29 is 33.0 Å². The minimum atomic E-state index is -3.96. The molecule has 3 unspecified atom stereocenters. The third-order valence-electron chi connectivity index (χ3n) is 7.20. The van der Waals surface area contributed by atoms with Gasteiger partial charge in [0.15, 0.2) is 11.6 Å². The molecular formula is C22H27FN3O7P. The number of pyridine rings is 1. The van der Waals surface area contributed by atoms with Crippen LogP contribution >= 0.6 is 7.75 Å². The average Bonchev–Trinajstić information content (AvgIpc) is 3.56. The molecule has 0 spiro atoms. The second kappa shape index (κ2) is 8.34. The maximum absolute atomic E-state index is 15.6. The second-order valence-electron chi connectivity index (χ2n) is 9.16. The molecule has 0 amide bonds. The molecule has 2 aliphatic heterocycles. The number of rotatable bonds is 6. The van der Waals surface area contributed by atoms with E-state index in [1.54, 1.807) is 9.47 Å². The molecule has 1 aromatic carbocycles. The van der Waals surface area contributed by atoms with E-state index in [4.69, 9.17) is 9.26 Å². The molecule has 0 bridgehead atoms. The summed E-state index contributed by atoms with van der Waals surface area (Å²) in [6, 6.07) is 0.795. The molecule has 3 heterocycles. The van der Waals surface area contributed by atoms with Crippen LogP contribution in [0.3, 0.4) is 0 Å². The lowest BCUT2D eigenvalue weighted by Crippen LogP contribution is -2.43. The predicted octanol–water partition coefficient (Wildman–Crippen LogP) is 2.83. The van der Waals surface area contributed by atoms with Crippen LogP contribution < -0.4 is 15.1 Å². The molecule has 12 heteroatoms. The Labute approximate surface area is 195 Å². The van der Waals surface area contributed by atoms with E-state index in [1.807, 2.05) is 0 Å². The van der Waals surface area contributed by atoms with Gasteiger partial charge in [-0.1, -0.05) is 0 Å². The lowest BCUT2D eigenvalue weighted by Gasteiger charge is -2.37. The number of aromatic carboxylic acids is 1. The van der Waals surface area contributed by atoms with E-state index in [1.165, 1.54) is 25.1 Å². The molecule has 1 saturated carbocycles. The quantitative estimate of drug-likeness (QED) is 0.583. The van der Waals surface area contributed by atoms with Crippen LogP contribution in [-0.2, 0) is 9.09 Å². The first kappa shape index (κ1) is 23.3. The molecule has 10 nitrogen and oxygen atoms in total. The van der Waals surface area contributed by atoms with E-state index in [9.17, 15) is 24.2 Å². The van der Waals surface area contributed by atoms with Gasteiger partial charge < -0.3 is 28.7 Å². The summed E-state index contributed by atoms with van der Waals surface area (Å²) in [7, 11) is -1.36. The summed E-state index contributed by atoms with van der Waals surface area (Å²) in [6.07, 6.45) is 4.51. The summed E-state index contributed by atoms with van der Waals surface area (Å²) >= 11 is 0. The smallest absolute Gasteiger partial charge is 0.405 e. The normalized spacial score (nSPS) is 24.8. The predicted molar refractivity (Wildman–Crippen MR) is 122 cm³/mol. The first-order valence-electron chi connectivity index (χ1n) is 11.3. The highest BCUT2D eigenvalue weighted by Gasteiger charge is 2.47. The first-order valence-corrected chi connectivity index (χ1v) is 12.8. The van der Waals surface area contributed by atoms with Crippen molar-refractivity contribution in [3.05, 3.63) is 33.9 Å². The van der Waals surface area contributed by atoms with Crippen LogP contribution in [0.1, 0.15) is 42.1 Å². The summed E-state index contributed by atoms with van der Waals surface area (Å²) in [5.41, 5.74) is -0.625. The number of methoxy groups -OCH3 is 1. The van der Waals surface area contributed by atoms with Crippen LogP contribution in [0, 0.1) is 11.7 Å². The van der Waals surface area contributed by atoms with E-state index >= 15 is 4.39 Å². The molecule has 2 aromatic rings. The van der Waals surface area contributed by atoms with Gasteiger partial charge in [-0.2, -0.15) is 0 Å². The zero-order chi connectivity index (χ0) is 24.4. The summed E-state index contributed by atoms with van der Waals surface area (Å²) in [5, 5.41) is 9.46. The molecule has 1 aromatic heterocycles. The Balaban J connectivity index is 1.65. The van der Waals surface area contributed by atoms with Crippen molar-refractivity contribution in [2.45, 2.75) is 37.8 Å². The van der Waals surface area contributed by atoms with Gasteiger partial charge >= 0.3 is 13.7 Å². The van der Waals surface area contributed by atoms with Crippen molar-refractivity contribution in [2.24, 2.45) is 5.92 Å². The highest BCUT2D eigenvalue weighted by Crippen LogP contribution is 2.53. The van der Waals surface area contributed by atoms with Crippen molar-refractivity contribution in [1.29, 1.82) is 0 Å². The number of carboxylic acids is 1. The minimum absolute atomic E-state index is 0.00651. The van der Waals surface area contributed by atoms with Crippen molar-refractivity contribution in [3.63, 3.8) is 0 Å². The topological polar surface area (TPSA) is 122 Å². The highest BCUT2D eigenvalue weighted by molar-refractivity contribution is 7.50. The summed E-state index contributed by atoms with van der Waals surface area (Å²) in [5.74, 6) is -1.86. The lowest BCUT2D eigenvalue weighted by molar-refractivity contribution is 0.0694. The number of aromatic nitrogens is 1. The maximum atomic E-state index is 15.6. The monoisotopic (exact) mass is 495 g/mol. The van der Waals surface area contributed by atoms with Gasteiger partial charge in [-0.15, -0.1) is 0 Å². The van der Waals surface area contributed by atoms with Gasteiger partial charge in [-0.25, -0.2) is 18.4 Å². The molecule has 0 radical (unpaired) electrons. The average molecular weight is 495 g/mol. The van der Waals surface area contributed by atoms with E-state index < -0.39 is 30.5 Å². The first-order chi connectivity index (χ1) is 16.2. The van der Waals surface area contributed by atoms with Gasteiger partial charge in [0.05, 0.1) is 18.0 Å². The van der Waals surface area contributed by atoms with E-state index in [0.29, 0.717) is 18.6 Å². The van der Waals surface area contributed by atoms with Crippen molar-refractivity contribution in [1.82, 2.24) is 9.24 Å². The number of piperidine rings is 1. The Kier molecular flexibility index (Phi) is 5.71. The Hall–Kier alpha value is -2.46. The van der Waals surface area contributed by atoms with Gasteiger partial charge in [0.2, 0.25) is 5.43 Å². The number of halogens is 1. The number of fused-ring (bicyclic) bond motifs is 2. The largest absolute Gasteiger partial charge is 0.492 e. The van der Waals surface area contributed by atoms with E-state index in [-0.39, 0.29) is 41.4 Å². The van der Waals surface area contributed by atoms with Crippen LogP contribution in [-0.4, -0.2) is 65.1 Å². The summed E-state index contributed by atoms with van der Waals surface area (Å²) in [6.45, 7) is 1.15. The Morgan fingerprint density at radius 1 is 1.24 bits per heavy atom. The van der Waals surface area contributed by atoms with E-state index in [2.05, 4.69) is 0 Å². The SMILES string of the molecule is COc1c(N2CC3CCCN(P(=O)(O)OC)C3C2)c(F)cc2c(=O)c(C(=O)O)cn(C3CC3)c12. The van der Waals surface area contributed by atoms with Crippen molar-refractivity contribution >= 4 is 30.3 Å². The highest BCUT2D eigenvalue weighted by atomic mass is 31.2. The van der Waals surface area contributed by atoms with Crippen LogP contribution in [0.2, 0.25) is 0 Å². The summed E-state index contributed by atoms with van der Waals surface area (Å²) in [4.78, 5) is 36.7. The molecule has 5 rings (SSSR count). The Morgan fingerprint density at radius 2 is 1.97 bits per heavy atom. The third-order valence-corrected chi connectivity index (χ3v) is 8.82. The minimum Gasteiger partial charge on any atom is -0.492 e. The van der Waals surface area contributed by atoms with Gasteiger partial charge in [-0.3, -0.25) is 4.79 Å². The van der Waals surface area contributed by atoms with Crippen LogP contribution in [0.5, 0.6) is 5.75 Å². The second-order valence-corrected chi connectivity index (χ2v) is 11.0. The Morgan fingerprint density at radius 3 is 2.59 bits per heavy atom. The summed E-state index contributed by atoms with van der Waals surface area (Å²) < 4.78 is 41.9. The van der Waals surface area contributed by atoms with Crippen molar-refractivity contribution in [2.75, 3.05) is 38.8 Å². The number of nitrogens with zero attached hydrogens (tertiary/aromatic N) is 3. The molecular weight excluding hydrogens is 468 g/mol. The molecule has 184 valence electrons. The van der Waals surface area contributed by atoms with Crippen molar-refractivity contribution in [3.8, 4) is 5.75 Å². The number of benzene rings is 1. The zero-order valence-corrected chi connectivity index (χ0v) is 19.8. The van der Waals surface area contributed by atoms with Crippen LogP contribution in [0.4, 0.5) is 10.1 Å². The van der Waals surface area contributed by atoms with Gasteiger partial charge in [0.1, 0.15) is 11.3 Å². The molecule has 1 aliphatic carbocycles. The maximum Gasteiger partial charge on any atom is 0.405 e. The molecule has 3 atom stereocenters. The van der Waals surface area contributed by atoms with E-state index in [0.717, 1.165) is 31.7 Å². The van der Waals surface area contributed by atoms with Gasteiger partial charge in [0, 0.05) is 45.0 Å².